The summed E-state index contributed by atoms with van der Waals surface area (Å²) >= 11 is 3.90. The van der Waals surface area contributed by atoms with Crippen molar-refractivity contribution in [1.29, 1.82) is 0 Å². The van der Waals surface area contributed by atoms with Gasteiger partial charge in [0.15, 0.2) is 0 Å². The highest BCUT2D eigenvalue weighted by Crippen LogP contribution is 2.39. The molecule has 1 aliphatic rings. The molecule has 1 aromatic rings. The molecule has 98 valence electrons. The van der Waals surface area contributed by atoms with E-state index in [2.05, 4.69) is 12.8 Å². The van der Waals surface area contributed by atoms with E-state index in [0.717, 1.165) is 4.31 Å². The third kappa shape index (κ3) is 2.24. The fourth-order valence-electron chi connectivity index (χ4n) is 1.70. The van der Waals surface area contributed by atoms with Crippen molar-refractivity contribution < 1.29 is 17.9 Å². The second-order valence-electron chi connectivity index (χ2n) is 3.72. The predicted octanol–water partition coefficient (Wildman–Crippen LogP) is -0.00120. The van der Waals surface area contributed by atoms with Crippen LogP contribution < -0.4 is 19.9 Å². The summed E-state index contributed by atoms with van der Waals surface area (Å²) in [5.74, 6) is 0.399. The van der Waals surface area contributed by atoms with Crippen LogP contribution in [0.5, 0.6) is 5.75 Å². The molecule has 0 saturated heterocycles. The SMILES string of the molecule is NC(=O)N(S)c1cc(S(N)(=O)=O)cc2c1OCC2. The first-order valence-electron chi connectivity index (χ1n) is 4.91. The van der Waals surface area contributed by atoms with Gasteiger partial charge in [0.25, 0.3) is 0 Å². The minimum absolute atomic E-state index is 0.109. The molecule has 0 spiro atoms. The fourth-order valence-corrected chi connectivity index (χ4v) is 2.43. The van der Waals surface area contributed by atoms with Gasteiger partial charge in [-0.05, 0) is 12.1 Å². The molecule has 4 N–H and O–H groups in total. The predicted molar refractivity (Wildman–Crippen MR) is 68.1 cm³/mol. The van der Waals surface area contributed by atoms with Crippen molar-refractivity contribution in [3.05, 3.63) is 17.7 Å². The molecule has 2 rings (SSSR count). The lowest BCUT2D eigenvalue weighted by Gasteiger charge is -2.17. The molecule has 0 bridgehead atoms. The molecule has 0 aliphatic carbocycles. The summed E-state index contributed by atoms with van der Waals surface area (Å²) in [6.45, 7) is 0.400. The summed E-state index contributed by atoms with van der Waals surface area (Å²) < 4.78 is 28.9. The van der Waals surface area contributed by atoms with Crippen LogP contribution in [0.2, 0.25) is 0 Å². The zero-order chi connectivity index (χ0) is 13.5. The second kappa shape index (κ2) is 4.34. The van der Waals surface area contributed by atoms with Gasteiger partial charge in [0.1, 0.15) is 11.4 Å². The molecule has 18 heavy (non-hydrogen) atoms. The maximum Gasteiger partial charge on any atom is 0.329 e. The van der Waals surface area contributed by atoms with Gasteiger partial charge in [-0.15, -0.1) is 0 Å². The molecule has 0 saturated carbocycles. The van der Waals surface area contributed by atoms with Gasteiger partial charge in [-0.3, -0.25) is 0 Å². The van der Waals surface area contributed by atoms with E-state index < -0.39 is 16.1 Å². The van der Waals surface area contributed by atoms with E-state index in [4.69, 9.17) is 15.6 Å². The first kappa shape index (κ1) is 13.0. The smallest absolute Gasteiger partial charge is 0.329 e. The Bertz CT molecular complexity index is 614. The Kier molecular flexibility index (Phi) is 3.13. The summed E-state index contributed by atoms with van der Waals surface area (Å²) in [7, 11) is -3.87. The van der Waals surface area contributed by atoms with Crippen molar-refractivity contribution >= 4 is 34.6 Å². The van der Waals surface area contributed by atoms with Crippen LogP contribution in [0.15, 0.2) is 17.0 Å². The van der Waals surface area contributed by atoms with Gasteiger partial charge >= 0.3 is 6.03 Å². The molecule has 2 amide bonds. The Morgan fingerprint density at radius 1 is 1.44 bits per heavy atom. The number of ether oxygens (including phenoxy) is 1. The topological polar surface area (TPSA) is 116 Å². The van der Waals surface area contributed by atoms with Crippen molar-refractivity contribution in [2.24, 2.45) is 10.9 Å². The van der Waals surface area contributed by atoms with Crippen LogP contribution in [0.1, 0.15) is 5.56 Å². The van der Waals surface area contributed by atoms with Gasteiger partial charge in [-0.25, -0.2) is 22.7 Å². The molecular formula is C9H11N3O4S2. The summed E-state index contributed by atoms with van der Waals surface area (Å²) in [6, 6.07) is 1.78. The van der Waals surface area contributed by atoms with E-state index in [1.54, 1.807) is 0 Å². The third-order valence-corrected chi connectivity index (χ3v) is 3.81. The van der Waals surface area contributed by atoms with Crippen LogP contribution >= 0.6 is 12.8 Å². The van der Waals surface area contributed by atoms with Crippen molar-refractivity contribution in [1.82, 2.24) is 0 Å². The number of amides is 2. The monoisotopic (exact) mass is 289 g/mol. The molecule has 0 fully saturated rings. The Labute approximate surface area is 109 Å². The summed E-state index contributed by atoms with van der Waals surface area (Å²) in [6.07, 6.45) is 0.534. The quantitative estimate of drug-likeness (QED) is 0.664. The highest BCUT2D eigenvalue weighted by molar-refractivity contribution is 7.89. The van der Waals surface area contributed by atoms with Crippen LogP contribution in [-0.4, -0.2) is 21.1 Å². The molecule has 7 nitrogen and oxygen atoms in total. The van der Waals surface area contributed by atoms with Crippen LogP contribution in [0.3, 0.4) is 0 Å². The van der Waals surface area contributed by atoms with E-state index in [0.29, 0.717) is 24.3 Å². The van der Waals surface area contributed by atoms with Crippen LogP contribution in [-0.2, 0) is 16.4 Å². The molecule has 1 aromatic carbocycles. The lowest BCUT2D eigenvalue weighted by atomic mass is 10.1. The number of primary sulfonamides is 1. The molecule has 1 heterocycles. The Hall–Kier alpha value is -1.45. The lowest BCUT2D eigenvalue weighted by molar-refractivity contribution is 0.257. The number of anilines is 1. The number of nitrogens with two attached hydrogens (primary N) is 2. The number of urea groups is 1. The van der Waals surface area contributed by atoms with Crippen molar-refractivity contribution in [3.8, 4) is 5.75 Å². The van der Waals surface area contributed by atoms with E-state index in [-0.39, 0.29) is 10.6 Å². The van der Waals surface area contributed by atoms with E-state index >= 15 is 0 Å². The number of carbonyl (C=O) groups excluding carboxylic acids is 1. The van der Waals surface area contributed by atoms with Gasteiger partial charge in [-0.2, -0.15) is 0 Å². The van der Waals surface area contributed by atoms with Crippen LogP contribution in [0.4, 0.5) is 10.5 Å². The van der Waals surface area contributed by atoms with Gasteiger partial charge < -0.3 is 10.5 Å². The highest BCUT2D eigenvalue weighted by atomic mass is 32.2. The van der Waals surface area contributed by atoms with Crippen molar-refractivity contribution in [2.75, 3.05) is 10.9 Å². The van der Waals surface area contributed by atoms with Crippen LogP contribution in [0.25, 0.3) is 0 Å². The summed E-state index contributed by atoms with van der Waals surface area (Å²) in [4.78, 5) is 11.0. The number of carbonyl (C=O) groups is 1. The van der Waals surface area contributed by atoms with Gasteiger partial charge in [0.05, 0.1) is 11.5 Å². The first-order chi connectivity index (χ1) is 8.30. The lowest BCUT2D eigenvalue weighted by Crippen LogP contribution is -2.28. The van der Waals surface area contributed by atoms with E-state index in [1.165, 1.54) is 12.1 Å². The average molecular weight is 289 g/mol. The number of primary amides is 1. The Morgan fingerprint density at radius 3 is 2.67 bits per heavy atom. The number of fused-ring (bicyclic) bond motifs is 1. The number of rotatable bonds is 2. The Morgan fingerprint density at radius 2 is 2.11 bits per heavy atom. The molecule has 0 aromatic heterocycles. The summed E-state index contributed by atoms with van der Waals surface area (Å²) in [5.41, 5.74) is 5.92. The zero-order valence-corrected chi connectivity index (χ0v) is 10.9. The molecule has 0 atom stereocenters. The number of nitrogens with zero attached hydrogens (tertiary/aromatic N) is 1. The maximum atomic E-state index is 11.4. The number of thiol groups is 1. The second-order valence-corrected chi connectivity index (χ2v) is 5.69. The standard InChI is InChI=1S/C9H11N3O4S2/c10-9(13)12(17)7-4-6(18(11,14)15)3-5-1-2-16-8(5)7/h3-4,17H,1-2H2,(H2,10,13)(H2,11,14,15). The normalized spacial score (nSPS) is 13.9. The van der Waals surface area contributed by atoms with Gasteiger partial charge in [0.2, 0.25) is 10.0 Å². The number of hydrogen-bond acceptors (Lipinski definition) is 5. The molecule has 1 aliphatic heterocycles. The van der Waals surface area contributed by atoms with Gasteiger partial charge in [0, 0.05) is 12.0 Å². The summed E-state index contributed by atoms with van der Waals surface area (Å²) in [5, 5.41) is 5.07. The Balaban J connectivity index is 2.65. The molecular weight excluding hydrogens is 278 g/mol. The minimum Gasteiger partial charge on any atom is -0.491 e. The first-order valence-corrected chi connectivity index (χ1v) is 6.86. The largest absolute Gasteiger partial charge is 0.491 e. The van der Waals surface area contributed by atoms with Gasteiger partial charge in [-0.1, -0.05) is 12.8 Å². The number of hydrogen-bond donors (Lipinski definition) is 3. The third-order valence-electron chi connectivity index (χ3n) is 2.50. The van der Waals surface area contributed by atoms with Crippen molar-refractivity contribution in [3.63, 3.8) is 0 Å². The van der Waals surface area contributed by atoms with E-state index in [9.17, 15) is 13.2 Å². The molecule has 9 heteroatoms. The van der Waals surface area contributed by atoms with E-state index in [1.807, 2.05) is 0 Å². The highest BCUT2D eigenvalue weighted by Gasteiger charge is 2.25. The van der Waals surface area contributed by atoms with Crippen molar-refractivity contribution in [2.45, 2.75) is 11.3 Å². The van der Waals surface area contributed by atoms with Crippen LogP contribution in [0, 0.1) is 0 Å². The average Bonchev–Trinajstić information content (AvgIpc) is 2.73. The number of sulfonamides is 1. The molecule has 0 radical (unpaired) electrons. The zero-order valence-electron chi connectivity index (χ0n) is 9.16. The maximum absolute atomic E-state index is 11.4. The fraction of sp³-hybridized carbons (Fsp3) is 0.222. The minimum atomic E-state index is -3.87. The number of benzene rings is 1. The molecule has 0 unspecified atom stereocenters.